The number of hydrogen-bond acceptors (Lipinski definition) is 4. The van der Waals surface area contributed by atoms with Crippen molar-refractivity contribution in [1.29, 1.82) is 0 Å². The lowest BCUT2D eigenvalue weighted by molar-refractivity contribution is -0.126. The molecule has 0 aliphatic carbocycles. The van der Waals surface area contributed by atoms with Crippen LogP contribution < -0.4 is 10.2 Å². The van der Waals surface area contributed by atoms with Gasteiger partial charge in [-0.25, -0.2) is 9.97 Å². The van der Waals surface area contributed by atoms with Crippen LogP contribution in [-0.4, -0.2) is 29.0 Å². The molecule has 3 rings (SSSR count). The first-order chi connectivity index (χ1) is 12.6. The summed E-state index contributed by atoms with van der Waals surface area (Å²) >= 11 is 0. The molecule has 0 saturated carbocycles. The van der Waals surface area contributed by atoms with E-state index in [0.717, 1.165) is 25.8 Å². The second-order valence-electron chi connectivity index (χ2n) is 7.44. The molecule has 1 N–H and O–H groups in total. The number of carbonyl (C=O) groups is 1. The van der Waals surface area contributed by atoms with Crippen molar-refractivity contribution in [3.05, 3.63) is 54.4 Å². The predicted molar refractivity (Wildman–Crippen MR) is 104 cm³/mol. The molecule has 1 fully saturated rings. The van der Waals surface area contributed by atoms with Crippen molar-refractivity contribution in [2.45, 2.75) is 39.2 Å². The molecule has 0 radical (unpaired) electrons. The van der Waals surface area contributed by atoms with Crippen molar-refractivity contribution in [3.63, 3.8) is 0 Å². The Bertz CT molecular complexity index is 690. The normalized spacial score (nSPS) is 18.6. The molecule has 0 spiro atoms. The SMILES string of the molecule is CC(C)C[C@@H](NC(=O)[C@@H]1CCCN(c2ncccn2)C1)c1ccccc1. The summed E-state index contributed by atoms with van der Waals surface area (Å²) in [7, 11) is 0. The van der Waals surface area contributed by atoms with Crippen LogP contribution in [0.2, 0.25) is 0 Å². The molecule has 0 unspecified atom stereocenters. The third-order valence-electron chi connectivity index (χ3n) is 4.85. The number of rotatable bonds is 6. The fraction of sp³-hybridized carbons (Fsp3) is 0.476. The van der Waals surface area contributed by atoms with Gasteiger partial charge < -0.3 is 10.2 Å². The molecule has 1 saturated heterocycles. The van der Waals surface area contributed by atoms with Gasteiger partial charge in [-0.15, -0.1) is 0 Å². The van der Waals surface area contributed by atoms with Gasteiger partial charge in [0, 0.05) is 25.5 Å². The van der Waals surface area contributed by atoms with Crippen LogP contribution in [0.4, 0.5) is 5.95 Å². The number of amides is 1. The summed E-state index contributed by atoms with van der Waals surface area (Å²) < 4.78 is 0. The largest absolute Gasteiger partial charge is 0.349 e. The van der Waals surface area contributed by atoms with E-state index >= 15 is 0 Å². The van der Waals surface area contributed by atoms with Crippen LogP contribution in [0.1, 0.15) is 44.7 Å². The molecule has 1 aromatic heterocycles. The van der Waals surface area contributed by atoms with E-state index in [1.807, 2.05) is 24.3 Å². The van der Waals surface area contributed by atoms with E-state index in [0.29, 0.717) is 18.4 Å². The maximum absolute atomic E-state index is 13.0. The van der Waals surface area contributed by atoms with E-state index in [-0.39, 0.29) is 17.9 Å². The Morgan fingerprint density at radius 3 is 2.62 bits per heavy atom. The van der Waals surface area contributed by atoms with Gasteiger partial charge in [0.1, 0.15) is 0 Å². The minimum Gasteiger partial charge on any atom is -0.349 e. The van der Waals surface area contributed by atoms with E-state index in [1.54, 1.807) is 12.4 Å². The number of nitrogens with one attached hydrogen (secondary N) is 1. The molecule has 5 heteroatoms. The highest BCUT2D eigenvalue weighted by Crippen LogP contribution is 2.24. The molecular formula is C21H28N4O. The van der Waals surface area contributed by atoms with Gasteiger partial charge in [0.2, 0.25) is 11.9 Å². The maximum Gasteiger partial charge on any atom is 0.225 e. The quantitative estimate of drug-likeness (QED) is 0.863. The molecule has 2 aromatic rings. The van der Waals surface area contributed by atoms with Crippen molar-refractivity contribution in [1.82, 2.24) is 15.3 Å². The Balaban J connectivity index is 1.67. The molecule has 1 aliphatic rings. The Labute approximate surface area is 155 Å². The third kappa shape index (κ3) is 4.81. The number of nitrogens with zero attached hydrogens (tertiary/aromatic N) is 3. The first-order valence-electron chi connectivity index (χ1n) is 9.50. The Morgan fingerprint density at radius 1 is 1.19 bits per heavy atom. The topological polar surface area (TPSA) is 58.1 Å². The molecule has 0 bridgehead atoms. The van der Waals surface area contributed by atoms with Gasteiger partial charge in [-0.2, -0.15) is 0 Å². The Morgan fingerprint density at radius 2 is 1.92 bits per heavy atom. The lowest BCUT2D eigenvalue weighted by Gasteiger charge is -2.33. The van der Waals surface area contributed by atoms with Gasteiger partial charge in [0.05, 0.1) is 12.0 Å². The molecule has 1 aromatic carbocycles. The second kappa shape index (κ2) is 8.79. The average molecular weight is 352 g/mol. The van der Waals surface area contributed by atoms with E-state index in [2.05, 4.69) is 46.2 Å². The minimum absolute atomic E-state index is 0.0223. The number of piperidine rings is 1. The molecule has 2 atom stereocenters. The van der Waals surface area contributed by atoms with Gasteiger partial charge in [-0.1, -0.05) is 44.2 Å². The number of carbonyl (C=O) groups excluding carboxylic acids is 1. The summed E-state index contributed by atoms with van der Waals surface area (Å²) in [5.41, 5.74) is 1.17. The number of aromatic nitrogens is 2. The van der Waals surface area contributed by atoms with Crippen LogP contribution in [0.5, 0.6) is 0 Å². The monoisotopic (exact) mass is 352 g/mol. The Kier molecular flexibility index (Phi) is 6.21. The molecule has 1 aliphatic heterocycles. The summed E-state index contributed by atoms with van der Waals surface area (Å²) in [5, 5.41) is 3.30. The smallest absolute Gasteiger partial charge is 0.225 e. The molecule has 138 valence electrons. The van der Waals surface area contributed by atoms with Gasteiger partial charge >= 0.3 is 0 Å². The van der Waals surface area contributed by atoms with Crippen LogP contribution in [0, 0.1) is 11.8 Å². The number of anilines is 1. The number of hydrogen-bond donors (Lipinski definition) is 1. The first-order valence-corrected chi connectivity index (χ1v) is 9.50. The summed E-state index contributed by atoms with van der Waals surface area (Å²) in [4.78, 5) is 23.7. The highest BCUT2D eigenvalue weighted by molar-refractivity contribution is 5.80. The fourth-order valence-corrected chi connectivity index (χ4v) is 3.55. The van der Waals surface area contributed by atoms with Crippen molar-refractivity contribution in [2.75, 3.05) is 18.0 Å². The fourth-order valence-electron chi connectivity index (χ4n) is 3.55. The molecule has 5 nitrogen and oxygen atoms in total. The molecule has 2 heterocycles. The van der Waals surface area contributed by atoms with E-state index in [9.17, 15) is 4.79 Å². The van der Waals surface area contributed by atoms with Gasteiger partial charge in [-0.3, -0.25) is 4.79 Å². The zero-order valence-electron chi connectivity index (χ0n) is 15.6. The van der Waals surface area contributed by atoms with Crippen LogP contribution in [0.15, 0.2) is 48.8 Å². The van der Waals surface area contributed by atoms with Crippen LogP contribution >= 0.6 is 0 Å². The second-order valence-corrected chi connectivity index (χ2v) is 7.44. The van der Waals surface area contributed by atoms with Gasteiger partial charge in [0.25, 0.3) is 0 Å². The minimum atomic E-state index is -0.0223. The highest BCUT2D eigenvalue weighted by atomic mass is 16.2. The van der Waals surface area contributed by atoms with Crippen LogP contribution in [-0.2, 0) is 4.79 Å². The third-order valence-corrected chi connectivity index (χ3v) is 4.85. The molecular weight excluding hydrogens is 324 g/mol. The van der Waals surface area contributed by atoms with Crippen molar-refractivity contribution >= 4 is 11.9 Å². The standard InChI is InChI=1S/C21H28N4O/c1-16(2)14-19(17-8-4-3-5-9-17)24-20(26)18-10-6-13-25(15-18)21-22-11-7-12-23-21/h3-5,7-9,11-12,16,18-19H,6,10,13-15H2,1-2H3,(H,24,26)/t18-,19-/m1/s1. The van der Waals surface area contributed by atoms with E-state index < -0.39 is 0 Å². The molecule has 26 heavy (non-hydrogen) atoms. The Hall–Kier alpha value is -2.43. The van der Waals surface area contributed by atoms with Crippen LogP contribution in [0.25, 0.3) is 0 Å². The predicted octanol–water partition coefficient (Wildman–Crippen LogP) is 3.60. The van der Waals surface area contributed by atoms with E-state index in [1.165, 1.54) is 5.56 Å². The van der Waals surface area contributed by atoms with Crippen molar-refractivity contribution in [3.8, 4) is 0 Å². The summed E-state index contributed by atoms with van der Waals surface area (Å²) in [6.07, 6.45) is 6.34. The van der Waals surface area contributed by atoms with E-state index in [4.69, 9.17) is 0 Å². The summed E-state index contributed by atoms with van der Waals surface area (Å²) in [5.74, 6) is 1.35. The molecule has 1 amide bonds. The highest BCUT2D eigenvalue weighted by Gasteiger charge is 2.28. The lowest BCUT2D eigenvalue weighted by Crippen LogP contribution is -2.44. The van der Waals surface area contributed by atoms with Crippen LogP contribution in [0.3, 0.4) is 0 Å². The zero-order chi connectivity index (χ0) is 18.4. The maximum atomic E-state index is 13.0. The van der Waals surface area contributed by atoms with Gasteiger partial charge in [0.15, 0.2) is 0 Å². The van der Waals surface area contributed by atoms with Gasteiger partial charge in [-0.05, 0) is 36.8 Å². The summed E-state index contributed by atoms with van der Waals surface area (Å²) in [6.45, 7) is 5.97. The first kappa shape index (κ1) is 18.4. The summed E-state index contributed by atoms with van der Waals surface area (Å²) in [6, 6.07) is 12.1. The zero-order valence-corrected chi connectivity index (χ0v) is 15.6. The average Bonchev–Trinajstić information content (AvgIpc) is 2.68. The van der Waals surface area contributed by atoms with Crippen molar-refractivity contribution in [2.24, 2.45) is 11.8 Å². The van der Waals surface area contributed by atoms with Crippen molar-refractivity contribution < 1.29 is 4.79 Å². The lowest BCUT2D eigenvalue weighted by atomic mass is 9.93. The number of benzene rings is 1.